The molecule has 0 bridgehead atoms. The molecule has 0 radical (unpaired) electrons. The van der Waals surface area contributed by atoms with E-state index in [0.717, 1.165) is 23.4 Å². The minimum Gasteiger partial charge on any atom is -0.497 e. The zero-order valence-electron chi connectivity index (χ0n) is 16.3. The molecular formula is C21H22F2N4O2. The molecule has 2 aromatic carbocycles. The molecule has 3 rings (SSSR count). The SMILES string of the molecule is COc1cccc(-c2n[nH]c(CC(C)C)c2NC(=O)Nc2ccc(F)c(F)c2)c1. The topological polar surface area (TPSA) is 79.0 Å². The predicted molar refractivity (Wildman–Crippen MR) is 108 cm³/mol. The Morgan fingerprint density at radius 1 is 1.14 bits per heavy atom. The molecule has 29 heavy (non-hydrogen) atoms. The average molecular weight is 400 g/mol. The third-order valence-electron chi connectivity index (χ3n) is 4.21. The van der Waals surface area contributed by atoms with Crippen LogP contribution in [-0.4, -0.2) is 23.3 Å². The Hall–Kier alpha value is -3.42. The first-order valence-corrected chi connectivity index (χ1v) is 9.12. The number of aromatic amines is 1. The van der Waals surface area contributed by atoms with E-state index in [-0.39, 0.29) is 5.69 Å². The van der Waals surface area contributed by atoms with Crippen LogP contribution in [0.25, 0.3) is 11.3 Å². The molecule has 0 aliphatic rings. The highest BCUT2D eigenvalue weighted by Crippen LogP contribution is 2.32. The number of anilines is 2. The highest BCUT2D eigenvalue weighted by molar-refractivity contribution is 6.02. The van der Waals surface area contributed by atoms with Crippen molar-refractivity contribution >= 4 is 17.4 Å². The molecule has 3 aromatic rings. The second kappa shape index (κ2) is 8.72. The summed E-state index contributed by atoms with van der Waals surface area (Å²) in [5.74, 6) is -1.04. The van der Waals surface area contributed by atoms with Crippen LogP contribution in [-0.2, 0) is 6.42 Å². The second-order valence-electron chi connectivity index (χ2n) is 6.96. The summed E-state index contributed by atoms with van der Waals surface area (Å²) >= 11 is 0. The van der Waals surface area contributed by atoms with Gasteiger partial charge in [0.1, 0.15) is 11.4 Å². The van der Waals surface area contributed by atoms with Gasteiger partial charge in [-0.3, -0.25) is 5.10 Å². The van der Waals surface area contributed by atoms with Crippen molar-refractivity contribution in [1.82, 2.24) is 10.2 Å². The number of ether oxygens (including phenoxy) is 1. The fourth-order valence-electron chi connectivity index (χ4n) is 2.90. The summed E-state index contributed by atoms with van der Waals surface area (Å²) in [6.07, 6.45) is 0.664. The highest BCUT2D eigenvalue weighted by Gasteiger charge is 2.19. The summed E-state index contributed by atoms with van der Waals surface area (Å²) in [6, 6.07) is 9.88. The van der Waals surface area contributed by atoms with Crippen LogP contribution in [0.5, 0.6) is 5.75 Å². The van der Waals surface area contributed by atoms with Gasteiger partial charge in [0.05, 0.1) is 18.5 Å². The van der Waals surface area contributed by atoms with Crippen LogP contribution in [0, 0.1) is 17.6 Å². The van der Waals surface area contributed by atoms with E-state index in [2.05, 4.69) is 34.7 Å². The maximum atomic E-state index is 13.4. The molecule has 0 atom stereocenters. The number of amides is 2. The van der Waals surface area contributed by atoms with Crippen molar-refractivity contribution < 1.29 is 18.3 Å². The lowest BCUT2D eigenvalue weighted by atomic mass is 10.0. The Bertz CT molecular complexity index is 1020. The number of hydrogen-bond acceptors (Lipinski definition) is 3. The molecule has 8 heteroatoms. The number of benzene rings is 2. The van der Waals surface area contributed by atoms with Gasteiger partial charge < -0.3 is 15.4 Å². The molecule has 0 saturated heterocycles. The molecule has 6 nitrogen and oxygen atoms in total. The van der Waals surface area contributed by atoms with Crippen LogP contribution in [0.2, 0.25) is 0 Å². The van der Waals surface area contributed by atoms with Crippen molar-refractivity contribution in [3.8, 4) is 17.0 Å². The quantitative estimate of drug-likeness (QED) is 0.532. The molecule has 0 spiro atoms. The Labute approximate surface area is 167 Å². The van der Waals surface area contributed by atoms with Gasteiger partial charge in [-0.05, 0) is 36.6 Å². The van der Waals surface area contributed by atoms with Gasteiger partial charge in [-0.25, -0.2) is 13.6 Å². The van der Waals surface area contributed by atoms with Gasteiger partial charge in [0.25, 0.3) is 0 Å². The summed E-state index contributed by atoms with van der Waals surface area (Å²) in [6.45, 7) is 4.11. The molecule has 0 aliphatic carbocycles. The summed E-state index contributed by atoms with van der Waals surface area (Å²) < 4.78 is 31.8. The van der Waals surface area contributed by atoms with Crippen molar-refractivity contribution in [1.29, 1.82) is 0 Å². The Morgan fingerprint density at radius 3 is 2.62 bits per heavy atom. The van der Waals surface area contributed by atoms with E-state index in [4.69, 9.17) is 4.74 Å². The normalized spacial score (nSPS) is 10.8. The predicted octanol–water partition coefficient (Wildman–Crippen LogP) is 5.21. The number of nitrogens with one attached hydrogen (secondary N) is 3. The molecule has 0 aliphatic heterocycles. The molecule has 0 saturated carbocycles. The van der Waals surface area contributed by atoms with Crippen LogP contribution in [0.15, 0.2) is 42.5 Å². The van der Waals surface area contributed by atoms with E-state index >= 15 is 0 Å². The third-order valence-corrected chi connectivity index (χ3v) is 4.21. The van der Waals surface area contributed by atoms with Crippen molar-refractivity contribution in [3.05, 3.63) is 59.8 Å². The van der Waals surface area contributed by atoms with Gasteiger partial charge in [-0.1, -0.05) is 26.0 Å². The van der Waals surface area contributed by atoms with Crippen molar-refractivity contribution in [3.63, 3.8) is 0 Å². The fraction of sp³-hybridized carbons (Fsp3) is 0.238. The van der Waals surface area contributed by atoms with Crippen LogP contribution >= 0.6 is 0 Å². The largest absolute Gasteiger partial charge is 0.497 e. The standard InChI is InChI=1S/C21H22F2N4O2/c1-12(2)9-18-20(19(27-26-18)13-5-4-6-15(10-13)29-3)25-21(28)24-14-7-8-16(22)17(23)11-14/h4-8,10-12H,9H2,1-3H3,(H,26,27)(H2,24,25,28). The maximum absolute atomic E-state index is 13.4. The second-order valence-corrected chi connectivity index (χ2v) is 6.96. The van der Waals surface area contributed by atoms with E-state index in [1.807, 2.05) is 24.3 Å². The number of rotatable bonds is 6. The molecule has 2 amide bonds. The number of hydrogen-bond donors (Lipinski definition) is 3. The van der Waals surface area contributed by atoms with Crippen LogP contribution in [0.1, 0.15) is 19.5 Å². The number of urea groups is 1. The summed E-state index contributed by atoms with van der Waals surface area (Å²) in [5, 5.41) is 12.6. The lowest BCUT2D eigenvalue weighted by Crippen LogP contribution is -2.20. The van der Waals surface area contributed by atoms with E-state index < -0.39 is 17.7 Å². The summed E-state index contributed by atoms with van der Waals surface area (Å²) in [7, 11) is 1.57. The molecule has 0 fully saturated rings. The van der Waals surface area contributed by atoms with Crippen LogP contribution in [0.4, 0.5) is 25.0 Å². The van der Waals surface area contributed by atoms with Gasteiger partial charge in [0.2, 0.25) is 0 Å². The zero-order valence-corrected chi connectivity index (χ0v) is 16.3. The lowest BCUT2D eigenvalue weighted by molar-refractivity contribution is 0.262. The maximum Gasteiger partial charge on any atom is 0.323 e. The zero-order chi connectivity index (χ0) is 21.0. The minimum absolute atomic E-state index is 0.137. The number of carbonyl (C=O) groups is 1. The molecule has 1 heterocycles. The summed E-state index contributed by atoms with van der Waals surface area (Å²) in [4.78, 5) is 12.5. The van der Waals surface area contributed by atoms with Crippen molar-refractivity contribution in [2.75, 3.05) is 17.7 Å². The van der Waals surface area contributed by atoms with Crippen LogP contribution in [0.3, 0.4) is 0 Å². The molecule has 1 aromatic heterocycles. The van der Waals surface area contributed by atoms with Crippen LogP contribution < -0.4 is 15.4 Å². The van der Waals surface area contributed by atoms with E-state index in [0.29, 0.717) is 29.5 Å². The van der Waals surface area contributed by atoms with E-state index in [9.17, 15) is 13.6 Å². The minimum atomic E-state index is -1.04. The van der Waals surface area contributed by atoms with Gasteiger partial charge >= 0.3 is 6.03 Å². The first-order chi connectivity index (χ1) is 13.9. The Morgan fingerprint density at radius 2 is 1.93 bits per heavy atom. The first-order valence-electron chi connectivity index (χ1n) is 9.12. The number of H-pyrrole nitrogens is 1. The van der Waals surface area contributed by atoms with Gasteiger partial charge in [-0.2, -0.15) is 5.10 Å². The third kappa shape index (κ3) is 4.90. The number of halogens is 2. The van der Waals surface area contributed by atoms with Gasteiger partial charge in [0, 0.05) is 17.3 Å². The van der Waals surface area contributed by atoms with Gasteiger partial charge in [0.15, 0.2) is 11.6 Å². The number of methoxy groups -OCH3 is 1. The van der Waals surface area contributed by atoms with Gasteiger partial charge in [-0.15, -0.1) is 0 Å². The Balaban J connectivity index is 1.89. The van der Waals surface area contributed by atoms with E-state index in [1.165, 1.54) is 6.07 Å². The van der Waals surface area contributed by atoms with E-state index in [1.54, 1.807) is 7.11 Å². The van der Waals surface area contributed by atoms with Crippen molar-refractivity contribution in [2.24, 2.45) is 5.92 Å². The summed E-state index contributed by atoms with van der Waals surface area (Å²) in [5.41, 5.74) is 2.74. The first kappa shape index (κ1) is 20.3. The number of aromatic nitrogens is 2. The fourth-order valence-corrected chi connectivity index (χ4v) is 2.90. The molecule has 0 unspecified atom stereocenters. The monoisotopic (exact) mass is 400 g/mol. The molecule has 152 valence electrons. The van der Waals surface area contributed by atoms with Crippen molar-refractivity contribution in [2.45, 2.75) is 20.3 Å². The molecule has 3 N–H and O–H groups in total. The lowest BCUT2D eigenvalue weighted by Gasteiger charge is -2.12. The number of nitrogens with zero attached hydrogens (tertiary/aromatic N) is 1. The Kier molecular flexibility index (Phi) is 6.11. The average Bonchev–Trinajstić information content (AvgIpc) is 3.06. The molecular weight excluding hydrogens is 378 g/mol. The number of carbonyl (C=O) groups excluding carboxylic acids is 1. The smallest absolute Gasteiger partial charge is 0.323 e. The highest BCUT2D eigenvalue weighted by atomic mass is 19.2.